The van der Waals surface area contributed by atoms with Crippen LogP contribution in [0.15, 0.2) is 0 Å². The fourth-order valence-electron chi connectivity index (χ4n) is 6.28. The van der Waals surface area contributed by atoms with Crippen LogP contribution in [0.4, 0.5) is 4.79 Å². The Morgan fingerprint density at radius 2 is 1.55 bits per heavy atom. The molecule has 3 N–H and O–H groups in total. The van der Waals surface area contributed by atoms with Crippen molar-refractivity contribution in [2.75, 3.05) is 19.6 Å². The van der Waals surface area contributed by atoms with E-state index in [2.05, 4.69) is 10.8 Å². The first-order valence-electron chi connectivity index (χ1n) is 14.6. The van der Waals surface area contributed by atoms with E-state index in [0.29, 0.717) is 43.6 Å². The summed E-state index contributed by atoms with van der Waals surface area (Å²) in [4.78, 5) is 45.4. The van der Waals surface area contributed by atoms with Crippen molar-refractivity contribution >= 4 is 17.9 Å². The zero-order valence-corrected chi connectivity index (χ0v) is 24.4. The molecule has 1 heterocycles. The van der Waals surface area contributed by atoms with Crippen molar-refractivity contribution in [3.63, 3.8) is 0 Å². The maximum Gasteiger partial charge on any atom is 0.407 e. The number of hydrogen-bond acceptors (Lipinski definition) is 6. The number of ether oxygens (including phenoxy) is 1. The number of alkyl carbamates (subject to hydrolysis) is 1. The Bertz CT molecular complexity index is 812. The highest BCUT2D eigenvalue weighted by atomic mass is 16.7. The van der Waals surface area contributed by atoms with Gasteiger partial charge in [-0.1, -0.05) is 12.8 Å². The fraction of sp³-hybridized carbons (Fsp3) is 0.897. The standard InChI is InChI=1S/C29H51N3O6/c1-28(2,3)37-27(36)30-18-19-8-7-9-21(16-19)20-12-14-32(15-13-20)26(35)22-10-11-24(33)23(17-22)25(34)31-38-29(4,5)6/h19-24,33H,7-18H2,1-6H3,(H,30,36)(H,31,34). The predicted molar refractivity (Wildman–Crippen MR) is 145 cm³/mol. The number of hydroxylamine groups is 1. The van der Waals surface area contributed by atoms with Crippen molar-refractivity contribution in [2.45, 2.75) is 117 Å². The van der Waals surface area contributed by atoms with Crippen LogP contribution in [0.5, 0.6) is 0 Å². The molecular weight excluding hydrogens is 486 g/mol. The van der Waals surface area contributed by atoms with Crippen LogP contribution in [0.1, 0.15) is 99.3 Å². The molecule has 9 heteroatoms. The van der Waals surface area contributed by atoms with Gasteiger partial charge in [-0.15, -0.1) is 0 Å². The first-order chi connectivity index (χ1) is 17.7. The number of carbonyl (C=O) groups is 3. The molecule has 0 aromatic rings. The minimum absolute atomic E-state index is 0.118. The van der Waals surface area contributed by atoms with Crippen LogP contribution in [0.2, 0.25) is 0 Å². The van der Waals surface area contributed by atoms with Gasteiger partial charge in [-0.25, -0.2) is 10.3 Å². The largest absolute Gasteiger partial charge is 0.444 e. The minimum atomic E-state index is -0.752. The van der Waals surface area contributed by atoms with E-state index in [0.717, 1.165) is 38.8 Å². The summed E-state index contributed by atoms with van der Waals surface area (Å²) in [7, 11) is 0. The number of aliphatic hydroxyl groups is 1. The van der Waals surface area contributed by atoms with E-state index < -0.39 is 23.2 Å². The molecule has 0 aromatic carbocycles. The second-order valence-corrected chi connectivity index (χ2v) is 13.7. The highest BCUT2D eigenvalue weighted by Gasteiger charge is 2.40. The number of carbonyl (C=O) groups excluding carboxylic acids is 3. The summed E-state index contributed by atoms with van der Waals surface area (Å²) in [6, 6.07) is 0. The second kappa shape index (κ2) is 13.0. The molecule has 3 aliphatic rings. The van der Waals surface area contributed by atoms with Crippen molar-refractivity contribution in [3.05, 3.63) is 0 Å². The van der Waals surface area contributed by atoms with Crippen molar-refractivity contribution in [2.24, 2.45) is 29.6 Å². The van der Waals surface area contributed by atoms with E-state index in [1.807, 2.05) is 46.4 Å². The third kappa shape index (κ3) is 9.40. The van der Waals surface area contributed by atoms with Crippen LogP contribution in [-0.4, -0.2) is 64.9 Å². The fourth-order valence-corrected chi connectivity index (χ4v) is 6.28. The number of amides is 3. The van der Waals surface area contributed by atoms with Gasteiger partial charge in [-0.3, -0.25) is 14.4 Å². The number of rotatable bonds is 6. The highest BCUT2D eigenvalue weighted by molar-refractivity contribution is 5.82. The minimum Gasteiger partial charge on any atom is -0.444 e. The summed E-state index contributed by atoms with van der Waals surface area (Å²) >= 11 is 0. The lowest BCUT2D eigenvalue weighted by Gasteiger charge is -2.41. The molecule has 3 fully saturated rings. The summed E-state index contributed by atoms with van der Waals surface area (Å²) in [5.41, 5.74) is 1.46. The molecule has 1 aliphatic heterocycles. The molecule has 218 valence electrons. The van der Waals surface area contributed by atoms with Gasteiger partial charge >= 0.3 is 6.09 Å². The number of hydrogen-bond donors (Lipinski definition) is 3. The molecule has 38 heavy (non-hydrogen) atoms. The van der Waals surface area contributed by atoms with Gasteiger partial charge in [0, 0.05) is 25.6 Å². The molecule has 5 atom stereocenters. The van der Waals surface area contributed by atoms with E-state index in [-0.39, 0.29) is 23.8 Å². The third-order valence-corrected chi connectivity index (χ3v) is 8.23. The van der Waals surface area contributed by atoms with Crippen LogP contribution in [0.3, 0.4) is 0 Å². The molecule has 0 radical (unpaired) electrons. The first kappa shape index (κ1) is 30.7. The van der Waals surface area contributed by atoms with Crippen molar-refractivity contribution in [3.8, 4) is 0 Å². The number of likely N-dealkylation sites (tertiary alicyclic amines) is 1. The SMILES string of the molecule is CC(C)(C)ONC(=O)C1CC(C(=O)N2CCC(C3CCCC(CNC(=O)OC(C)(C)C)C3)CC2)CCC1O. The molecular formula is C29H51N3O6. The van der Waals surface area contributed by atoms with Crippen LogP contribution in [0, 0.1) is 29.6 Å². The van der Waals surface area contributed by atoms with E-state index in [1.54, 1.807) is 0 Å². The van der Waals surface area contributed by atoms with Crippen LogP contribution in [0.25, 0.3) is 0 Å². The Morgan fingerprint density at radius 1 is 0.868 bits per heavy atom. The summed E-state index contributed by atoms with van der Waals surface area (Å²) in [6.07, 6.45) is 6.96. The highest BCUT2D eigenvalue weighted by Crippen LogP contribution is 2.39. The van der Waals surface area contributed by atoms with Gasteiger partial charge in [0.1, 0.15) is 5.60 Å². The topological polar surface area (TPSA) is 117 Å². The summed E-state index contributed by atoms with van der Waals surface area (Å²) in [5, 5.41) is 13.4. The van der Waals surface area contributed by atoms with Crippen LogP contribution >= 0.6 is 0 Å². The molecule has 5 unspecified atom stereocenters. The van der Waals surface area contributed by atoms with Gasteiger partial charge in [0.25, 0.3) is 0 Å². The zero-order valence-electron chi connectivity index (χ0n) is 24.4. The maximum absolute atomic E-state index is 13.4. The monoisotopic (exact) mass is 537 g/mol. The summed E-state index contributed by atoms with van der Waals surface area (Å²) in [6.45, 7) is 13.3. The molecule has 3 amide bonds. The Balaban J connectivity index is 1.44. The smallest absolute Gasteiger partial charge is 0.407 e. The Labute approximate surface area is 228 Å². The molecule has 0 spiro atoms. The lowest BCUT2D eigenvalue weighted by molar-refractivity contribution is -0.157. The van der Waals surface area contributed by atoms with Gasteiger partial charge in [-0.2, -0.15) is 0 Å². The van der Waals surface area contributed by atoms with Gasteiger partial charge in [0.15, 0.2) is 0 Å². The van der Waals surface area contributed by atoms with Gasteiger partial charge in [0.2, 0.25) is 11.8 Å². The summed E-state index contributed by atoms with van der Waals surface area (Å²) in [5.74, 6) is 0.603. The molecule has 9 nitrogen and oxygen atoms in total. The third-order valence-electron chi connectivity index (χ3n) is 8.23. The average Bonchev–Trinajstić information content (AvgIpc) is 2.85. The molecule has 0 bridgehead atoms. The van der Waals surface area contributed by atoms with E-state index in [4.69, 9.17) is 9.57 Å². The van der Waals surface area contributed by atoms with Crippen LogP contribution in [-0.2, 0) is 19.2 Å². The quantitative estimate of drug-likeness (QED) is 0.438. The molecule has 0 aromatic heterocycles. The van der Waals surface area contributed by atoms with E-state index >= 15 is 0 Å². The molecule has 2 aliphatic carbocycles. The normalized spacial score (nSPS) is 29.4. The first-order valence-corrected chi connectivity index (χ1v) is 14.6. The number of nitrogens with zero attached hydrogens (tertiary/aromatic N) is 1. The molecule has 3 rings (SSSR count). The summed E-state index contributed by atoms with van der Waals surface area (Å²) < 4.78 is 5.38. The Kier molecular flexibility index (Phi) is 10.5. The predicted octanol–water partition coefficient (Wildman–Crippen LogP) is 4.18. The average molecular weight is 538 g/mol. The Morgan fingerprint density at radius 3 is 2.18 bits per heavy atom. The number of aliphatic hydroxyl groups excluding tert-OH is 1. The zero-order chi connectivity index (χ0) is 28.1. The second-order valence-electron chi connectivity index (χ2n) is 13.7. The van der Waals surface area contributed by atoms with E-state index in [1.165, 1.54) is 12.8 Å². The lowest BCUT2D eigenvalue weighted by atomic mass is 9.72. The van der Waals surface area contributed by atoms with Crippen molar-refractivity contribution < 1.29 is 29.1 Å². The van der Waals surface area contributed by atoms with Gasteiger partial charge < -0.3 is 20.1 Å². The van der Waals surface area contributed by atoms with Gasteiger partial charge in [-0.05, 0) is 104 Å². The lowest BCUT2D eigenvalue weighted by Crippen LogP contribution is -2.48. The van der Waals surface area contributed by atoms with Gasteiger partial charge in [0.05, 0.1) is 17.6 Å². The number of nitrogens with one attached hydrogen (secondary N) is 2. The number of piperidine rings is 1. The van der Waals surface area contributed by atoms with Crippen LogP contribution < -0.4 is 10.8 Å². The van der Waals surface area contributed by atoms with E-state index in [9.17, 15) is 19.5 Å². The molecule has 1 saturated heterocycles. The Hall–Kier alpha value is -1.87. The molecule has 2 saturated carbocycles. The van der Waals surface area contributed by atoms with Crippen molar-refractivity contribution in [1.29, 1.82) is 0 Å². The van der Waals surface area contributed by atoms with Crippen molar-refractivity contribution in [1.82, 2.24) is 15.7 Å². The maximum atomic E-state index is 13.4.